The van der Waals surface area contributed by atoms with Gasteiger partial charge in [0.15, 0.2) is 5.76 Å². The Morgan fingerprint density at radius 3 is 2.50 bits per heavy atom. The summed E-state index contributed by atoms with van der Waals surface area (Å²) in [6.07, 6.45) is -3.27. The molecule has 7 heteroatoms. The summed E-state index contributed by atoms with van der Waals surface area (Å²) >= 11 is 11.5. The molecule has 0 N–H and O–H groups in total. The molecule has 0 fully saturated rings. The van der Waals surface area contributed by atoms with E-state index in [1.54, 1.807) is 0 Å². The molecule has 0 bridgehead atoms. The van der Waals surface area contributed by atoms with Crippen molar-refractivity contribution in [2.45, 2.75) is 12.6 Å². The maximum absolute atomic E-state index is 13.3. The number of benzene rings is 1. The predicted octanol–water partition coefficient (Wildman–Crippen LogP) is 5.56. The summed E-state index contributed by atoms with van der Waals surface area (Å²) in [6, 6.07) is 4.16. The summed E-state index contributed by atoms with van der Waals surface area (Å²) in [4.78, 5) is 0. The molecule has 1 aromatic carbocycles. The molecular weight excluding hydrogens is 319 g/mol. The van der Waals surface area contributed by atoms with Gasteiger partial charge in [-0.25, -0.2) is 4.39 Å². The Labute approximate surface area is 122 Å². The van der Waals surface area contributed by atoms with Gasteiger partial charge in [0, 0.05) is 6.42 Å². The molecule has 0 heterocycles. The van der Waals surface area contributed by atoms with Crippen molar-refractivity contribution in [3.8, 4) is 5.75 Å². The molecular formula is C13H7Cl2F4O. The van der Waals surface area contributed by atoms with Crippen molar-refractivity contribution in [2.75, 3.05) is 0 Å². The third-order valence-corrected chi connectivity index (χ3v) is 3.18. The van der Waals surface area contributed by atoms with Crippen LogP contribution in [0, 0.1) is 6.42 Å². The van der Waals surface area contributed by atoms with Crippen molar-refractivity contribution in [1.29, 1.82) is 0 Å². The zero-order chi connectivity index (χ0) is 14.9. The minimum absolute atomic E-state index is 0.0674. The van der Waals surface area contributed by atoms with Gasteiger partial charge in [-0.15, -0.1) is 0 Å². The summed E-state index contributed by atoms with van der Waals surface area (Å²) in [5.74, 6) is -1.02. The lowest BCUT2D eigenvalue weighted by atomic mass is 10.1. The minimum atomic E-state index is -4.50. The van der Waals surface area contributed by atoms with Gasteiger partial charge in [-0.3, -0.25) is 0 Å². The van der Waals surface area contributed by atoms with E-state index in [2.05, 4.69) is 0 Å². The van der Waals surface area contributed by atoms with Crippen LogP contribution in [0.15, 0.2) is 45.9 Å². The maximum Gasteiger partial charge on any atom is 0.416 e. The van der Waals surface area contributed by atoms with Gasteiger partial charge in [0.25, 0.3) is 0 Å². The smallest absolute Gasteiger partial charge is 0.416 e. The molecule has 1 aliphatic rings. The van der Waals surface area contributed by atoms with E-state index < -0.39 is 17.6 Å². The van der Waals surface area contributed by atoms with Crippen LogP contribution < -0.4 is 4.74 Å². The van der Waals surface area contributed by atoms with Crippen molar-refractivity contribution in [1.82, 2.24) is 0 Å². The second-order valence-corrected chi connectivity index (χ2v) is 4.77. The first-order valence-corrected chi connectivity index (χ1v) is 6.17. The fourth-order valence-electron chi connectivity index (χ4n) is 1.54. The minimum Gasteiger partial charge on any atom is -0.454 e. The Morgan fingerprint density at radius 2 is 1.85 bits per heavy atom. The molecule has 0 saturated carbocycles. The van der Waals surface area contributed by atoms with Crippen LogP contribution in [0.5, 0.6) is 5.75 Å². The van der Waals surface area contributed by atoms with Crippen LogP contribution >= 0.6 is 23.2 Å². The predicted molar refractivity (Wildman–Crippen MR) is 67.9 cm³/mol. The summed E-state index contributed by atoms with van der Waals surface area (Å²) in [6.45, 7) is 0. The van der Waals surface area contributed by atoms with Crippen LogP contribution in [-0.4, -0.2) is 0 Å². The van der Waals surface area contributed by atoms with Gasteiger partial charge in [0.2, 0.25) is 0 Å². The first-order chi connectivity index (χ1) is 9.29. The van der Waals surface area contributed by atoms with E-state index in [1.165, 1.54) is 12.1 Å². The number of ether oxygens (including phenoxy) is 1. The van der Waals surface area contributed by atoms with Crippen molar-refractivity contribution in [2.24, 2.45) is 0 Å². The van der Waals surface area contributed by atoms with E-state index in [0.717, 1.165) is 18.6 Å². The highest BCUT2D eigenvalue weighted by Gasteiger charge is 2.31. The summed E-state index contributed by atoms with van der Waals surface area (Å²) in [7, 11) is 0. The normalized spacial score (nSPS) is 16.7. The molecule has 107 valence electrons. The SMILES string of the molecule is FC1=C(Cl)C(Oc2cccc(C(F)(F)F)c2)=C(Cl)C[CH]1. The third kappa shape index (κ3) is 3.27. The molecule has 1 radical (unpaired) electrons. The van der Waals surface area contributed by atoms with Gasteiger partial charge >= 0.3 is 6.18 Å². The highest BCUT2D eigenvalue weighted by Crippen LogP contribution is 2.37. The number of allylic oxidation sites excluding steroid dienone is 3. The lowest BCUT2D eigenvalue weighted by Crippen LogP contribution is -2.07. The molecule has 0 unspecified atom stereocenters. The van der Waals surface area contributed by atoms with Gasteiger partial charge in [-0.2, -0.15) is 13.2 Å². The Balaban J connectivity index is 2.31. The van der Waals surface area contributed by atoms with Crippen LogP contribution in [0.4, 0.5) is 17.6 Å². The van der Waals surface area contributed by atoms with Gasteiger partial charge in [0.05, 0.1) is 10.6 Å². The highest BCUT2D eigenvalue weighted by molar-refractivity contribution is 6.36. The fraction of sp³-hybridized carbons (Fsp3) is 0.154. The number of rotatable bonds is 2. The van der Waals surface area contributed by atoms with Gasteiger partial charge in [0.1, 0.15) is 16.6 Å². The van der Waals surface area contributed by atoms with E-state index in [4.69, 9.17) is 27.9 Å². The molecule has 1 aromatic rings. The fourth-order valence-corrected chi connectivity index (χ4v) is 2.03. The molecule has 0 aromatic heterocycles. The molecule has 0 saturated heterocycles. The number of hydrogen-bond donors (Lipinski definition) is 0. The molecule has 2 rings (SSSR count). The largest absolute Gasteiger partial charge is 0.454 e. The Kier molecular flexibility index (Phi) is 4.30. The third-order valence-electron chi connectivity index (χ3n) is 2.50. The average Bonchev–Trinajstić information content (AvgIpc) is 2.39. The first-order valence-electron chi connectivity index (χ1n) is 5.41. The molecule has 20 heavy (non-hydrogen) atoms. The van der Waals surface area contributed by atoms with E-state index >= 15 is 0 Å². The zero-order valence-electron chi connectivity index (χ0n) is 9.77. The van der Waals surface area contributed by atoms with Crippen molar-refractivity contribution >= 4 is 23.2 Å². The summed E-state index contributed by atoms with van der Waals surface area (Å²) in [5, 5.41) is -0.243. The van der Waals surface area contributed by atoms with Crippen LogP contribution in [0.3, 0.4) is 0 Å². The number of alkyl halides is 3. The number of halogens is 6. The topological polar surface area (TPSA) is 9.23 Å². The second kappa shape index (κ2) is 5.66. The van der Waals surface area contributed by atoms with Crippen LogP contribution in [0.25, 0.3) is 0 Å². The van der Waals surface area contributed by atoms with E-state index in [-0.39, 0.29) is 28.0 Å². The van der Waals surface area contributed by atoms with E-state index in [1.807, 2.05) is 0 Å². The lowest BCUT2D eigenvalue weighted by molar-refractivity contribution is -0.137. The van der Waals surface area contributed by atoms with Gasteiger partial charge in [-0.05, 0) is 24.6 Å². The standard InChI is InChI=1S/C13H7Cl2F4O/c14-9-4-5-10(16)11(15)12(9)20-8-3-1-2-7(6-8)13(17,18)19/h1-3,5-6H,4H2. The molecule has 0 atom stereocenters. The quantitative estimate of drug-likeness (QED) is 0.646. The average molecular weight is 326 g/mol. The lowest BCUT2D eigenvalue weighted by Gasteiger charge is -2.17. The molecule has 1 aliphatic carbocycles. The Morgan fingerprint density at radius 1 is 1.15 bits per heavy atom. The Bertz CT molecular complexity index is 590. The second-order valence-electron chi connectivity index (χ2n) is 3.93. The first kappa shape index (κ1) is 15.2. The summed E-state index contributed by atoms with van der Waals surface area (Å²) < 4.78 is 56.2. The molecule has 1 nitrogen and oxygen atoms in total. The highest BCUT2D eigenvalue weighted by atomic mass is 35.5. The monoisotopic (exact) mass is 325 g/mol. The molecule has 0 aliphatic heterocycles. The van der Waals surface area contributed by atoms with E-state index in [0.29, 0.717) is 0 Å². The number of hydrogen-bond acceptors (Lipinski definition) is 1. The van der Waals surface area contributed by atoms with Crippen molar-refractivity contribution < 1.29 is 22.3 Å². The van der Waals surface area contributed by atoms with Crippen LogP contribution in [-0.2, 0) is 6.18 Å². The van der Waals surface area contributed by atoms with Crippen LogP contribution in [0.2, 0.25) is 0 Å². The van der Waals surface area contributed by atoms with E-state index in [9.17, 15) is 17.6 Å². The molecule has 0 spiro atoms. The zero-order valence-corrected chi connectivity index (χ0v) is 11.3. The molecule has 0 amide bonds. The summed E-state index contributed by atoms with van der Waals surface area (Å²) in [5.41, 5.74) is -0.880. The van der Waals surface area contributed by atoms with Gasteiger partial charge < -0.3 is 4.74 Å². The van der Waals surface area contributed by atoms with Gasteiger partial charge in [-0.1, -0.05) is 29.3 Å². The van der Waals surface area contributed by atoms with Crippen molar-refractivity contribution in [3.05, 3.63) is 57.9 Å². The maximum atomic E-state index is 13.3. The Hall–Kier alpha value is -1.20. The van der Waals surface area contributed by atoms with Crippen molar-refractivity contribution in [3.63, 3.8) is 0 Å². The van der Waals surface area contributed by atoms with Crippen LogP contribution in [0.1, 0.15) is 12.0 Å².